The number of ketones is 1. The van der Waals surface area contributed by atoms with Crippen molar-refractivity contribution in [3.05, 3.63) is 35.4 Å². The molecular weight excluding hydrogens is 334 g/mol. The summed E-state index contributed by atoms with van der Waals surface area (Å²) in [5.74, 6) is -3.81. The molecule has 0 saturated heterocycles. The number of nitrogens with two attached hydrogens (primary N) is 1. The highest BCUT2D eigenvalue weighted by Gasteiger charge is 2.44. The second kappa shape index (κ2) is 8.66. The molecule has 0 fully saturated rings. The molecule has 1 aromatic carbocycles. The average molecular weight is 356 g/mol. The van der Waals surface area contributed by atoms with Gasteiger partial charge < -0.3 is 15.8 Å². The zero-order valence-corrected chi connectivity index (χ0v) is 14.4. The van der Waals surface area contributed by atoms with Crippen molar-refractivity contribution < 1.29 is 27.9 Å². The number of halogens is 2. The van der Waals surface area contributed by atoms with E-state index >= 15 is 0 Å². The van der Waals surface area contributed by atoms with Gasteiger partial charge in [0.15, 0.2) is 11.3 Å². The molecule has 0 radical (unpaired) electrons. The largest absolute Gasteiger partial charge is 0.467 e. The van der Waals surface area contributed by atoms with Crippen LogP contribution in [0, 0.1) is 11.6 Å². The van der Waals surface area contributed by atoms with Crippen LogP contribution in [0.2, 0.25) is 0 Å². The van der Waals surface area contributed by atoms with E-state index in [0.29, 0.717) is 12.5 Å². The van der Waals surface area contributed by atoms with E-state index in [1.807, 2.05) is 0 Å². The van der Waals surface area contributed by atoms with E-state index in [1.54, 1.807) is 6.92 Å². The van der Waals surface area contributed by atoms with Crippen LogP contribution in [0.15, 0.2) is 18.2 Å². The van der Waals surface area contributed by atoms with E-state index < -0.39 is 40.9 Å². The molecule has 0 bridgehead atoms. The fourth-order valence-corrected chi connectivity index (χ4v) is 2.55. The highest BCUT2D eigenvalue weighted by molar-refractivity contribution is 6.11. The van der Waals surface area contributed by atoms with Crippen molar-refractivity contribution in [2.45, 2.75) is 44.7 Å². The second-order valence-electron chi connectivity index (χ2n) is 5.82. The van der Waals surface area contributed by atoms with E-state index in [9.17, 15) is 23.2 Å². The maximum atomic E-state index is 13.1. The fourth-order valence-electron chi connectivity index (χ4n) is 2.55. The minimum absolute atomic E-state index is 0.0633. The van der Waals surface area contributed by atoms with E-state index in [2.05, 4.69) is 10.1 Å². The smallest absolute Gasteiger partial charge is 0.333 e. The highest BCUT2D eigenvalue weighted by Crippen LogP contribution is 2.16. The Morgan fingerprint density at radius 2 is 1.80 bits per heavy atom. The summed E-state index contributed by atoms with van der Waals surface area (Å²) in [5.41, 5.74) is 4.16. The number of hydrogen-bond donors (Lipinski definition) is 2. The van der Waals surface area contributed by atoms with Crippen LogP contribution in [0.3, 0.4) is 0 Å². The maximum Gasteiger partial charge on any atom is 0.333 e. The standard InChI is InChI=1S/C17H22F2N2O4/c1-4-5-17(20,16(24)25-3)15(23)10(2)21-14(22)8-11-6-12(18)9-13(19)7-11/h6-7,9-10H,4-5,8,20H2,1-3H3,(H,21,22)/t10-,17-/m0/s1. The number of carbonyl (C=O) groups excluding carboxylic acids is 3. The zero-order chi connectivity index (χ0) is 19.2. The van der Waals surface area contributed by atoms with E-state index in [4.69, 9.17) is 5.73 Å². The SMILES string of the molecule is CCC[C@@](N)(C(=O)OC)C(=O)[C@H](C)NC(=O)Cc1cc(F)cc(F)c1. The number of ether oxygens (including phenoxy) is 1. The van der Waals surface area contributed by atoms with Crippen molar-refractivity contribution in [1.82, 2.24) is 5.32 Å². The third kappa shape index (κ3) is 5.32. The first-order valence-corrected chi connectivity index (χ1v) is 7.80. The molecule has 6 nitrogen and oxygen atoms in total. The van der Waals surface area contributed by atoms with Gasteiger partial charge >= 0.3 is 5.97 Å². The predicted molar refractivity (Wildman–Crippen MR) is 86.5 cm³/mol. The summed E-state index contributed by atoms with van der Waals surface area (Å²) in [5, 5.41) is 2.39. The maximum absolute atomic E-state index is 13.1. The Bertz CT molecular complexity index is 646. The Morgan fingerprint density at radius 1 is 1.24 bits per heavy atom. The number of rotatable bonds is 8. The van der Waals surface area contributed by atoms with Crippen LogP contribution in [-0.4, -0.2) is 36.4 Å². The summed E-state index contributed by atoms with van der Waals surface area (Å²) in [6, 6.07) is 1.67. The van der Waals surface area contributed by atoms with Gasteiger partial charge in [-0.2, -0.15) is 0 Å². The van der Waals surface area contributed by atoms with Gasteiger partial charge in [-0.3, -0.25) is 9.59 Å². The van der Waals surface area contributed by atoms with Gasteiger partial charge in [-0.05, 0) is 31.0 Å². The summed E-state index contributed by atoms with van der Waals surface area (Å²) in [6.07, 6.45) is 0.199. The topological polar surface area (TPSA) is 98.5 Å². The van der Waals surface area contributed by atoms with Gasteiger partial charge in [0.05, 0.1) is 19.6 Å². The molecule has 0 aliphatic heterocycles. The molecular formula is C17H22F2N2O4. The molecule has 3 N–H and O–H groups in total. The lowest BCUT2D eigenvalue weighted by molar-refractivity contribution is -0.152. The van der Waals surface area contributed by atoms with Gasteiger partial charge in [0.25, 0.3) is 0 Å². The number of Topliss-reactive ketones (excluding diaryl/α,β-unsaturated/α-hetero) is 1. The first-order valence-electron chi connectivity index (χ1n) is 7.80. The average Bonchev–Trinajstić information content (AvgIpc) is 2.52. The molecule has 0 aromatic heterocycles. The summed E-state index contributed by atoms with van der Waals surface area (Å²) in [6.45, 7) is 3.13. The number of carbonyl (C=O) groups is 3. The van der Waals surface area contributed by atoms with Crippen LogP contribution in [0.4, 0.5) is 8.78 Å². The molecule has 1 rings (SSSR count). The van der Waals surface area contributed by atoms with Crippen molar-refractivity contribution in [3.63, 3.8) is 0 Å². The van der Waals surface area contributed by atoms with Crippen molar-refractivity contribution in [1.29, 1.82) is 0 Å². The van der Waals surface area contributed by atoms with Crippen molar-refractivity contribution in [2.75, 3.05) is 7.11 Å². The van der Waals surface area contributed by atoms with E-state index in [1.165, 1.54) is 6.92 Å². The molecule has 1 aromatic rings. The van der Waals surface area contributed by atoms with Crippen molar-refractivity contribution >= 4 is 17.7 Å². The molecule has 0 unspecified atom stereocenters. The number of methoxy groups -OCH3 is 1. The minimum Gasteiger partial charge on any atom is -0.467 e. The lowest BCUT2D eigenvalue weighted by atomic mass is 9.86. The highest BCUT2D eigenvalue weighted by atomic mass is 19.1. The normalized spacial score (nSPS) is 14.3. The van der Waals surface area contributed by atoms with Gasteiger partial charge in [-0.25, -0.2) is 13.6 Å². The van der Waals surface area contributed by atoms with E-state index in [0.717, 1.165) is 19.2 Å². The Hall–Kier alpha value is -2.35. The number of amides is 1. The molecule has 25 heavy (non-hydrogen) atoms. The second-order valence-corrected chi connectivity index (χ2v) is 5.82. The quantitative estimate of drug-likeness (QED) is 0.540. The molecule has 8 heteroatoms. The monoisotopic (exact) mass is 356 g/mol. The first kappa shape index (κ1) is 20.7. The number of esters is 1. The Labute approximate surface area is 144 Å². The summed E-state index contributed by atoms with van der Waals surface area (Å²) in [7, 11) is 1.12. The third-order valence-electron chi connectivity index (χ3n) is 3.69. The fraction of sp³-hybridized carbons (Fsp3) is 0.471. The van der Waals surface area contributed by atoms with Crippen LogP contribution in [-0.2, 0) is 25.5 Å². The molecule has 0 aliphatic carbocycles. The number of hydrogen-bond acceptors (Lipinski definition) is 5. The first-order chi connectivity index (χ1) is 11.6. The molecule has 0 aliphatic rings. The molecule has 2 atom stereocenters. The third-order valence-corrected chi connectivity index (χ3v) is 3.69. The zero-order valence-electron chi connectivity index (χ0n) is 14.4. The van der Waals surface area contributed by atoms with Crippen LogP contribution < -0.4 is 11.1 Å². The molecule has 0 heterocycles. The lowest BCUT2D eigenvalue weighted by Crippen LogP contribution is -2.61. The van der Waals surface area contributed by atoms with Gasteiger partial charge in [0.2, 0.25) is 5.91 Å². The van der Waals surface area contributed by atoms with Crippen molar-refractivity contribution in [3.8, 4) is 0 Å². The molecule has 138 valence electrons. The van der Waals surface area contributed by atoms with Crippen LogP contribution >= 0.6 is 0 Å². The minimum atomic E-state index is -1.86. The Morgan fingerprint density at radius 3 is 2.28 bits per heavy atom. The van der Waals surface area contributed by atoms with Gasteiger partial charge in [0, 0.05) is 6.07 Å². The van der Waals surface area contributed by atoms with Gasteiger partial charge in [-0.1, -0.05) is 13.3 Å². The molecule has 1 amide bonds. The Balaban J connectivity index is 2.81. The summed E-state index contributed by atoms with van der Waals surface area (Å²) < 4.78 is 30.9. The summed E-state index contributed by atoms with van der Waals surface area (Å²) >= 11 is 0. The predicted octanol–water partition coefficient (Wildman–Crippen LogP) is 1.25. The van der Waals surface area contributed by atoms with Crippen molar-refractivity contribution in [2.24, 2.45) is 5.73 Å². The number of benzene rings is 1. The van der Waals surface area contributed by atoms with Gasteiger partial charge in [0.1, 0.15) is 11.6 Å². The van der Waals surface area contributed by atoms with Gasteiger partial charge in [-0.15, -0.1) is 0 Å². The van der Waals surface area contributed by atoms with Crippen LogP contribution in [0.25, 0.3) is 0 Å². The van der Waals surface area contributed by atoms with E-state index in [-0.39, 0.29) is 18.4 Å². The van der Waals surface area contributed by atoms with Crippen LogP contribution in [0.1, 0.15) is 32.3 Å². The lowest BCUT2D eigenvalue weighted by Gasteiger charge is -2.27. The number of nitrogens with one attached hydrogen (secondary N) is 1. The Kier molecular flexibility index (Phi) is 7.17. The van der Waals surface area contributed by atoms with Crippen LogP contribution in [0.5, 0.6) is 0 Å². The molecule has 0 spiro atoms. The molecule has 0 saturated carbocycles. The summed E-state index contributed by atoms with van der Waals surface area (Å²) in [4.78, 5) is 36.4.